The normalized spacial score (nSPS) is 19.0. The van der Waals surface area contributed by atoms with Crippen molar-refractivity contribution in [3.8, 4) is 0 Å². The van der Waals surface area contributed by atoms with Crippen molar-refractivity contribution in [1.29, 1.82) is 0 Å². The van der Waals surface area contributed by atoms with Crippen LogP contribution < -0.4 is 10.6 Å². The van der Waals surface area contributed by atoms with Crippen LogP contribution in [-0.4, -0.2) is 28.8 Å². The summed E-state index contributed by atoms with van der Waals surface area (Å²) < 4.78 is 0. The molecule has 1 aromatic rings. The monoisotopic (exact) mass is 333 g/mol. The summed E-state index contributed by atoms with van der Waals surface area (Å²) >= 11 is 1.34. The number of amidine groups is 1. The number of aliphatic imine (C=N–C) groups is 1. The molecule has 1 aliphatic heterocycles. The van der Waals surface area contributed by atoms with Crippen molar-refractivity contribution < 1.29 is 9.59 Å². The zero-order valence-corrected chi connectivity index (χ0v) is 14.6. The minimum absolute atomic E-state index is 0.138. The first-order valence-corrected chi connectivity index (χ1v) is 8.76. The number of carbonyl (C=O) groups is 2. The highest BCUT2D eigenvalue weighted by atomic mass is 32.2. The number of unbranched alkanes of at least 4 members (excludes halogenated alkanes) is 1. The number of anilines is 1. The number of carbonyl (C=O) groups excluding carboxylic acids is 2. The molecule has 23 heavy (non-hydrogen) atoms. The van der Waals surface area contributed by atoms with Crippen LogP contribution >= 0.6 is 11.8 Å². The third-order valence-electron chi connectivity index (χ3n) is 3.57. The van der Waals surface area contributed by atoms with Gasteiger partial charge in [-0.3, -0.25) is 14.6 Å². The summed E-state index contributed by atoms with van der Waals surface area (Å²) in [5.74, 6) is -0.291. The summed E-state index contributed by atoms with van der Waals surface area (Å²) in [7, 11) is 0. The van der Waals surface area contributed by atoms with Crippen molar-refractivity contribution in [3.05, 3.63) is 29.3 Å². The molecule has 124 valence electrons. The maximum atomic E-state index is 12.2. The van der Waals surface area contributed by atoms with E-state index >= 15 is 0 Å². The van der Waals surface area contributed by atoms with Crippen LogP contribution in [0.15, 0.2) is 23.2 Å². The highest BCUT2D eigenvalue weighted by molar-refractivity contribution is 8.15. The first-order valence-electron chi connectivity index (χ1n) is 7.88. The zero-order valence-electron chi connectivity index (χ0n) is 13.8. The lowest BCUT2D eigenvalue weighted by Crippen LogP contribution is -2.28. The van der Waals surface area contributed by atoms with Crippen molar-refractivity contribution in [3.63, 3.8) is 0 Å². The molecule has 0 unspecified atom stereocenters. The average Bonchev–Trinajstić information content (AvgIpc) is 2.82. The Morgan fingerprint density at radius 3 is 2.87 bits per heavy atom. The molecule has 1 aromatic carbocycles. The summed E-state index contributed by atoms with van der Waals surface area (Å²) in [4.78, 5) is 28.4. The van der Waals surface area contributed by atoms with Gasteiger partial charge in [0.05, 0.1) is 0 Å². The Hall–Kier alpha value is -1.82. The second-order valence-electron chi connectivity index (χ2n) is 5.71. The van der Waals surface area contributed by atoms with Crippen LogP contribution in [0.25, 0.3) is 0 Å². The fourth-order valence-electron chi connectivity index (χ4n) is 2.28. The van der Waals surface area contributed by atoms with E-state index in [0.29, 0.717) is 11.7 Å². The summed E-state index contributed by atoms with van der Waals surface area (Å²) in [6.45, 7) is 6.77. The van der Waals surface area contributed by atoms with Gasteiger partial charge in [0.2, 0.25) is 11.8 Å². The SMILES string of the molecule is CCCCN=C1NC(=O)[C@H](CC(=O)Nc2ccc(C)cc2C)S1. The summed E-state index contributed by atoms with van der Waals surface area (Å²) in [6, 6.07) is 5.87. The number of aryl methyl sites for hydroxylation is 2. The van der Waals surface area contributed by atoms with E-state index in [4.69, 9.17) is 0 Å². The first kappa shape index (κ1) is 17.5. The number of nitrogens with zero attached hydrogens (tertiary/aromatic N) is 1. The lowest BCUT2D eigenvalue weighted by Gasteiger charge is -2.10. The van der Waals surface area contributed by atoms with E-state index in [2.05, 4.69) is 22.5 Å². The van der Waals surface area contributed by atoms with Gasteiger partial charge in [-0.1, -0.05) is 42.8 Å². The van der Waals surface area contributed by atoms with Gasteiger partial charge in [-0.05, 0) is 31.9 Å². The van der Waals surface area contributed by atoms with Crippen LogP contribution in [-0.2, 0) is 9.59 Å². The van der Waals surface area contributed by atoms with E-state index in [1.165, 1.54) is 11.8 Å². The van der Waals surface area contributed by atoms with Gasteiger partial charge in [0.25, 0.3) is 0 Å². The number of hydrogen-bond donors (Lipinski definition) is 2. The third-order valence-corrected chi connectivity index (χ3v) is 4.69. The maximum absolute atomic E-state index is 12.2. The molecule has 2 rings (SSSR count). The van der Waals surface area contributed by atoms with Crippen LogP contribution in [0.4, 0.5) is 5.69 Å². The van der Waals surface area contributed by atoms with E-state index in [0.717, 1.165) is 29.7 Å². The molecule has 2 N–H and O–H groups in total. The number of hydrogen-bond acceptors (Lipinski definition) is 4. The van der Waals surface area contributed by atoms with Gasteiger partial charge in [0.1, 0.15) is 5.25 Å². The lowest BCUT2D eigenvalue weighted by atomic mass is 10.1. The lowest BCUT2D eigenvalue weighted by molar-refractivity contribution is -0.122. The van der Waals surface area contributed by atoms with Crippen LogP contribution in [0.1, 0.15) is 37.3 Å². The molecule has 1 fully saturated rings. The zero-order chi connectivity index (χ0) is 16.8. The Labute approximate surface area is 141 Å². The smallest absolute Gasteiger partial charge is 0.240 e. The molecule has 1 saturated heterocycles. The molecule has 0 aromatic heterocycles. The number of rotatable bonds is 6. The fraction of sp³-hybridized carbons (Fsp3) is 0.471. The van der Waals surface area contributed by atoms with E-state index in [1.54, 1.807) is 0 Å². The molecular formula is C17H23N3O2S. The highest BCUT2D eigenvalue weighted by Crippen LogP contribution is 2.24. The molecular weight excluding hydrogens is 310 g/mol. The van der Waals surface area contributed by atoms with Crippen molar-refractivity contribution in [2.45, 2.75) is 45.3 Å². The second kappa shape index (κ2) is 8.15. The van der Waals surface area contributed by atoms with Crippen LogP contribution in [0.2, 0.25) is 0 Å². The van der Waals surface area contributed by atoms with E-state index in [1.807, 2.05) is 32.0 Å². The Balaban J connectivity index is 1.90. The van der Waals surface area contributed by atoms with Gasteiger partial charge >= 0.3 is 0 Å². The number of amides is 2. The molecule has 6 heteroatoms. The molecule has 1 aliphatic rings. The van der Waals surface area contributed by atoms with Crippen LogP contribution in [0, 0.1) is 13.8 Å². The fourth-order valence-corrected chi connectivity index (χ4v) is 3.27. The maximum Gasteiger partial charge on any atom is 0.240 e. The minimum Gasteiger partial charge on any atom is -0.326 e. The van der Waals surface area contributed by atoms with E-state index in [9.17, 15) is 9.59 Å². The Kier molecular flexibility index (Phi) is 6.21. The summed E-state index contributed by atoms with van der Waals surface area (Å²) in [5, 5.41) is 5.86. The van der Waals surface area contributed by atoms with Crippen molar-refractivity contribution in [2.75, 3.05) is 11.9 Å². The summed E-state index contributed by atoms with van der Waals surface area (Å²) in [5.41, 5.74) is 2.96. The topological polar surface area (TPSA) is 70.6 Å². The highest BCUT2D eigenvalue weighted by Gasteiger charge is 2.31. The standard InChI is InChI=1S/C17H23N3O2S/c1-4-5-8-18-17-20-16(22)14(23-17)10-15(21)19-13-7-6-11(2)9-12(13)3/h6-7,9,14H,4-5,8,10H2,1-3H3,(H,19,21)(H,18,20,22)/t14-/m0/s1. The van der Waals surface area contributed by atoms with Crippen LogP contribution in [0.5, 0.6) is 0 Å². The minimum atomic E-state index is -0.402. The van der Waals surface area contributed by atoms with E-state index < -0.39 is 5.25 Å². The molecule has 1 atom stereocenters. The molecule has 0 radical (unpaired) electrons. The summed E-state index contributed by atoms with van der Waals surface area (Å²) in [6.07, 6.45) is 2.21. The molecule has 0 aliphatic carbocycles. The quantitative estimate of drug-likeness (QED) is 0.786. The van der Waals surface area contributed by atoms with E-state index in [-0.39, 0.29) is 18.2 Å². The van der Waals surface area contributed by atoms with Gasteiger partial charge in [-0.15, -0.1) is 0 Å². The molecule has 1 heterocycles. The Morgan fingerprint density at radius 2 is 2.17 bits per heavy atom. The van der Waals surface area contributed by atoms with Gasteiger partial charge in [0, 0.05) is 18.7 Å². The van der Waals surface area contributed by atoms with Gasteiger partial charge < -0.3 is 10.6 Å². The predicted molar refractivity (Wildman–Crippen MR) is 95.9 cm³/mol. The molecule has 2 amide bonds. The molecule has 0 spiro atoms. The van der Waals surface area contributed by atoms with Crippen molar-refractivity contribution in [1.82, 2.24) is 5.32 Å². The van der Waals surface area contributed by atoms with Crippen LogP contribution in [0.3, 0.4) is 0 Å². The number of nitrogens with one attached hydrogen (secondary N) is 2. The van der Waals surface area contributed by atoms with Crippen molar-refractivity contribution >= 4 is 34.4 Å². The first-order chi connectivity index (χ1) is 11.0. The van der Waals surface area contributed by atoms with Gasteiger partial charge in [-0.2, -0.15) is 0 Å². The molecule has 0 saturated carbocycles. The predicted octanol–water partition coefficient (Wildman–Crippen LogP) is 3.02. The number of benzene rings is 1. The average molecular weight is 333 g/mol. The largest absolute Gasteiger partial charge is 0.326 e. The molecule has 5 nitrogen and oxygen atoms in total. The second-order valence-corrected chi connectivity index (χ2v) is 6.90. The van der Waals surface area contributed by atoms with Gasteiger partial charge in [-0.25, -0.2) is 0 Å². The van der Waals surface area contributed by atoms with Gasteiger partial charge in [0.15, 0.2) is 5.17 Å². The Bertz CT molecular complexity index is 628. The number of thioether (sulfide) groups is 1. The van der Waals surface area contributed by atoms with Crippen molar-refractivity contribution in [2.24, 2.45) is 4.99 Å². The third kappa shape index (κ3) is 5.10. The Morgan fingerprint density at radius 1 is 1.39 bits per heavy atom. The molecule has 0 bridgehead atoms.